The van der Waals surface area contributed by atoms with E-state index in [9.17, 15) is 9.59 Å². The molecule has 8 heteroatoms. The van der Waals surface area contributed by atoms with Crippen molar-refractivity contribution in [2.75, 3.05) is 13.1 Å². The second-order valence-corrected chi connectivity index (χ2v) is 10.3. The largest absolute Gasteiger partial charge is 0.332 e. The molecule has 1 N–H and O–H groups in total. The summed E-state index contributed by atoms with van der Waals surface area (Å²) < 4.78 is 0.160. The zero-order valence-electron chi connectivity index (χ0n) is 15.9. The molecule has 0 radical (unpaired) electrons. The third-order valence-electron chi connectivity index (χ3n) is 5.76. The average Bonchev–Trinajstić information content (AvgIpc) is 2.66. The van der Waals surface area contributed by atoms with E-state index in [2.05, 4.69) is 5.32 Å². The molecule has 5 nitrogen and oxygen atoms in total. The lowest BCUT2D eigenvalue weighted by Gasteiger charge is -2.47. The fraction of sp³-hybridized carbons (Fsp3) is 0.429. The number of carbonyl (C=O) groups is 1. The van der Waals surface area contributed by atoms with Gasteiger partial charge in [-0.05, 0) is 37.5 Å². The Bertz CT molecular complexity index is 968. The van der Waals surface area contributed by atoms with E-state index in [-0.39, 0.29) is 23.3 Å². The van der Waals surface area contributed by atoms with E-state index in [1.807, 2.05) is 34.6 Å². The standard InChI is InChI=1S/C21H22Cl3N3O2/c1-13-5-7-15(8-6-13)19(29)25-20(21(22,23)24)26-10-14-9-16(12-26)17-3-2-4-18(28)27(17)11-14/h2-8,14,16,20H,9-12H2,1H3,(H,25,29)/t14-,16+,20?/m0/s1. The number of halogens is 3. The summed E-state index contributed by atoms with van der Waals surface area (Å²) in [6, 6.07) is 12.6. The number of hydrogen-bond acceptors (Lipinski definition) is 3. The molecule has 2 aliphatic rings. The highest BCUT2D eigenvalue weighted by molar-refractivity contribution is 6.68. The maximum absolute atomic E-state index is 12.8. The summed E-state index contributed by atoms with van der Waals surface area (Å²) in [6.07, 6.45) is 0.215. The fourth-order valence-corrected chi connectivity index (χ4v) is 5.01. The molecule has 154 valence electrons. The van der Waals surface area contributed by atoms with Crippen LogP contribution in [-0.4, -0.2) is 38.4 Å². The van der Waals surface area contributed by atoms with Crippen LogP contribution in [-0.2, 0) is 6.54 Å². The van der Waals surface area contributed by atoms with Gasteiger partial charge in [-0.3, -0.25) is 14.5 Å². The molecule has 2 aliphatic heterocycles. The van der Waals surface area contributed by atoms with Gasteiger partial charge in [-0.1, -0.05) is 58.6 Å². The minimum Gasteiger partial charge on any atom is -0.332 e. The Hall–Kier alpha value is -1.53. The summed E-state index contributed by atoms with van der Waals surface area (Å²) in [5.74, 6) is 0.128. The van der Waals surface area contributed by atoms with Crippen LogP contribution in [0.4, 0.5) is 0 Å². The minimum absolute atomic E-state index is 0.0243. The van der Waals surface area contributed by atoms with E-state index in [0.29, 0.717) is 25.2 Å². The molecule has 1 amide bonds. The van der Waals surface area contributed by atoms with Crippen molar-refractivity contribution in [1.82, 2.24) is 14.8 Å². The second-order valence-electron chi connectivity index (χ2n) is 7.94. The summed E-state index contributed by atoms with van der Waals surface area (Å²) in [5.41, 5.74) is 2.61. The van der Waals surface area contributed by atoms with Crippen molar-refractivity contribution < 1.29 is 4.79 Å². The van der Waals surface area contributed by atoms with E-state index in [1.54, 1.807) is 24.3 Å². The third kappa shape index (κ3) is 4.33. The first-order chi connectivity index (χ1) is 13.7. The first-order valence-corrected chi connectivity index (χ1v) is 10.7. The lowest BCUT2D eigenvalue weighted by atomic mass is 9.83. The number of amides is 1. The average molecular weight is 455 g/mol. The van der Waals surface area contributed by atoms with Gasteiger partial charge in [-0.2, -0.15) is 0 Å². The molecule has 29 heavy (non-hydrogen) atoms. The Kier molecular flexibility index (Phi) is 5.68. The maximum Gasteiger partial charge on any atom is 0.252 e. The summed E-state index contributed by atoms with van der Waals surface area (Å²) >= 11 is 18.9. The number of nitrogens with one attached hydrogen (secondary N) is 1. The van der Waals surface area contributed by atoms with Crippen molar-refractivity contribution in [1.29, 1.82) is 0 Å². The first-order valence-electron chi connectivity index (χ1n) is 9.60. The van der Waals surface area contributed by atoms with Crippen LogP contribution in [0.15, 0.2) is 47.3 Å². The number of hydrogen-bond donors (Lipinski definition) is 1. The van der Waals surface area contributed by atoms with Crippen LogP contribution in [0.1, 0.15) is 34.0 Å². The Balaban J connectivity index is 1.58. The first kappa shape index (κ1) is 20.7. The number of carbonyl (C=O) groups excluding carboxylic acids is 1. The third-order valence-corrected chi connectivity index (χ3v) is 6.38. The van der Waals surface area contributed by atoms with E-state index in [1.165, 1.54) is 0 Å². The fourth-order valence-electron chi connectivity index (χ4n) is 4.44. The van der Waals surface area contributed by atoms with Crippen LogP contribution in [0, 0.1) is 12.8 Å². The van der Waals surface area contributed by atoms with Crippen LogP contribution >= 0.6 is 34.8 Å². The van der Waals surface area contributed by atoms with Gasteiger partial charge in [0.25, 0.3) is 11.5 Å². The number of likely N-dealkylation sites (tertiary alicyclic amines) is 1. The van der Waals surface area contributed by atoms with Gasteiger partial charge in [0, 0.05) is 42.9 Å². The number of aryl methyl sites for hydroxylation is 1. The molecule has 2 aromatic rings. The number of fused-ring (bicyclic) bond motifs is 4. The van der Waals surface area contributed by atoms with Gasteiger partial charge in [0.2, 0.25) is 3.79 Å². The Labute approximate surface area is 184 Å². The quantitative estimate of drug-likeness (QED) is 0.720. The number of pyridine rings is 1. The van der Waals surface area contributed by atoms with Gasteiger partial charge in [0.1, 0.15) is 6.17 Å². The Morgan fingerprint density at radius 2 is 1.83 bits per heavy atom. The van der Waals surface area contributed by atoms with Crippen LogP contribution in [0.2, 0.25) is 0 Å². The SMILES string of the molecule is Cc1ccc(C(=O)NC(N2C[C@@H]3C[C@H](C2)c2cccc(=O)n2C3)C(Cl)(Cl)Cl)cc1. The minimum atomic E-state index is -1.69. The number of alkyl halides is 3. The summed E-state index contributed by atoms with van der Waals surface area (Å²) in [6.45, 7) is 3.85. The van der Waals surface area contributed by atoms with Crippen LogP contribution in [0.5, 0.6) is 0 Å². The molecule has 0 spiro atoms. The van der Waals surface area contributed by atoms with Gasteiger partial charge in [-0.15, -0.1) is 0 Å². The number of aromatic nitrogens is 1. The highest BCUT2D eigenvalue weighted by Gasteiger charge is 2.44. The highest BCUT2D eigenvalue weighted by atomic mass is 35.6. The zero-order chi connectivity index (χ0) is 20.8. The second kappa shape index (κ2) is 7.95. The molecule has 1 fully saturated rings. The van der Waals surface area contributed by atoms with Crippen molar-refractivity contribution in [3.63, 3.8) is 0 Å². The molecule has 0 saturated carbocycles. The highest BCUT2D eigenvalue weighted by Crippen LogP contribution is 2.39. The van der Waals surface area contributed by atoms with E-state index >= 15 is 0 Å². The topological polar surface area (TPSA) is 54.3 Å². The van der Waals surface area contributed by atoms with Crippen molar-refractivity contribution in [2.45, 2.75) is 35.8 Å². The van der Waals surface area contributed by atoms with Crippen molar-refractivity contribution in [2.24, 2.45) is 5.92 Å². The molecule has 1 unspecified atom stereocenters. The number of piperidine rings is 1. The molecule has 3 heterocycles. The predicted octanol–water partition coefficient (Wildman–Crippen LogP) is 3.70. The van der Waals surface area contributed by atoms with Gasteiger partial charge >= 0.3 is 0 Å². The molecule has 1 aromatic heterocycles. The van der Waals surface area contributed by atoms with Gasteiger partial charge in [0.05, 0.1) is 0 Å². The van der Waals surface area contributed by atoms with Crippen molar-refractivity contribution in [3.05, 3.63) is 69.6 Å². The molecular formula is C21H22Cl3N3O2. The molecule has 4 rings (SSSR count). The molecule has 0 aliphatic carbocycles. The van der Waals surface area contributed by atoms with Gasteiger partial charge in [0.15, 0.2) is 0 Å². The lowest BCUT2D eigenvalue weighted by Crippen LogP contribution is -2.60. The number of rotatable bonds is 3. The molecule has 1 saturated heterocycles. The molecule has 1 aromatic carbocycles. The summed E-state index contributed by atoms with van der Waals surface area (Å²) in [4.78, 5) is 27.0. The number of nitrogens with zero attached hydrogens (tertiary/aromatic N) is 2. The van der Waals surface area contributed by atoms with Crippen LogP contribution in [0.3, 0.4) is 0 Å². The zero-order valence-corrected chi connectivity index (χ0v) is 18.2. The smallest absolute Gasteiger partial charge is 0.252 e. The molecule has 2 bridgehead atoms. The number of benzene rings is 1. The maximum atomic E-state index is 12.8. The Morgan fingerprint density at radius 1 is 1.10 bits per heavy atom. The van der Waals surface area contributed by atoms with Crippen molar-refractivity contribution >= 4 is 40.7 Å². The Morgan fingerprint density at radius 3 is 2.52 bits per heavy atom. The van der Waals surface area contributed by atoms with Crippen molar-refractivity contribution in [3.8, 4) is 0 Å². The van der Waals surface area contributed by atoms with E-state index in [0.717, 1.165) is 17.7 Å². The lowest BCUT2D eigenvalue weighted by molar-refractivity contribution is 0.0586. The summed E-state index contributed by atoms with van der Waals surface area (Å²) in [5, 5.41) is 2.91. The van der Waals surface area contributed by atoms with E-state index in [4.69, 9.17) is 34.8 Å². The predicted molar refractivity (Wildman–Crippen MR) is 116 cm³/mol. The molecule has 3 atom stereocenters. The van der Waals surface area contributed by atoms with E-state index < -0.39 is 9.96 Å². The van der Waals surface area contributed by atoms with Crippen LogP contribution in [0.25, 0.3) is 0 Å². The molecular weight excluding hydrogens is 433 g/mol. The van der Waals surface area contributed by atoms with Crippen LogP contribution < -0.4 is 10.9 Å². The monoisotopic (exact) mass is 453 g/mol. The van der Waals surface area contributed by atoms with Gasteiger partial charge in [-0.25, -0.2) is 0 Å². The summed E-state index contributed by atoms with van der Waals surface area (Å²) in [7, 11) is 0. The normalized spacial score (nSPS) is 22.6. The van der Waals surface area contributed by atoms with Gasteiger partial charge < -0.3 is 9.88 Å².